The Morgan fingerprint density at radius 1 is 1.29 bits per heavy atom. The molecule has 2 aromatic rings. The van der Waals surface area contributed by atoms with Crippen LogP contribution in [0, 0.1) is 3.57 Å². The lowest BCUT2D eigenvalue weighted by molar-refractivity contribution is 0.102. The Labute approximate surface area is 138 Å². The molecule has 2 rings (SSSR count). The van der Waals surface area contributed by atoms with Gasteiger partial charge in [0.25, 0.3) is 5.91 Å². The summed E-state index contributed by atoms with van der Waals surface area (Å²) in [6.07, 6.45) is 1.82. The average molecular weight is 398 g/mol. The minimum atomic E-state index is -0.185. The second-order valence-electron chi connectivity index (χ2n) is 4.67. The predicted octanol–water partition coefficient (Wildman–Crippen LogP) is 3.12. The van der Waals surface area contributed by atoms with Crippen LogP contribution in [-0.2, 0) is 7.05 Å². The largest absolute Gasteiger partial charge is 0.372 e. The Balaban J connectivity index is 2.10. The number of carbonyl (C=O) groups excluding carboxylic acids is 1. The number of nitrogens with one attached hydrogen (secondary N) is 1. The zero-order chi connectivity index (χ0) is 15.4. The van der Waals surface area contributed by atoms with Gasteiger partial charge in [0, 0.05) is 37.7 Å². The topological polar surface area (TPSA) is 50.2 Å². The maximum absolute atomic E-state index is 12.2. The standard InChI is InChI=1S/C15H19IN4O/c1-4-20(5-2)12-8-6-11(7-9-12)17-15(21)14-13(16)10-19(3)18-14/h6-10H,4-5H2,1-3H3,(H,17,21). The molecule has 1 aromatic carbocycles. The van der Waals surface area contributed by atoms with Crippen molar-refractivity contribution in [1.29, 1.82) is 0 Å². The molecule has 0 saturated carbocycles. The predicted molar refractivity (Wildman–Crippen MR) is 93.9 cm³/mol. The quantitative estimate of drug-likeness (QED) is 0.788. The number of aromatic nitrogens is 2. The summed E-state index contributed by atoms with van der Waals surface area (Å²) in [4.78, 5) is 14.4. The number of carbonyl (C=O) groups is 1. The molecule has 0 aliphatic rings. The van der Waals surface area contributed by atoms with Crippen LogP contribution >= 0.6 is 22.6 Å². The SMILES string of the molecule is CCN(CC)c1ccc(NC(=O)c2nn(C)cc2I)cc1. The Hall–Kier alpha value is -1.57. The molecule has 0 atom stereocenters. The van der Waals surface area contributed by atoms with Gasteiger partial charge in [0.15, 0.2) is 5.69 Å². The van der Waals surface area contributed by atoms with E-state index in [1.54, 1.807) is 11.7 Å². The van der Waals surface area contributed by atoms with Crippen molar-refractivity contribution in [2.45, 2.75) is 13.8 Å². The van der Waals surface area contributed by atoms with Gasteiger partial charge in [0.1, 0.15) is 0 Å². The number of benzene rings is 1. The van der Waals surface area contributed by atoms with Gasteiger partial charge < -0.3 is 10.2 Å². The molecule has 0 bridgehead atoms. The van der Waals surface area contributed by atoms with Crippen LogP contribution in [0.2, 0.25) is 0 Å². The summed E-state index contributed by atoms with van der Waals surface area (Å²) in [7, 11) is 1.80. The first-order valence-electron chi connectivity index (χ1n) is 6.90. The summed E-state index contributed by atoms with van der Waals surface area (Å²) in [5, 5.41) is 7.04. The number of nitrogens with zero attached hydrogens (tertiary/aromatic N) is 3. The first kappa shape index (κ1) is 15.8. The summed E-state index contributed by atoms with van der Waals surface area (Å²) in [5.41, 5.74) is 2.38. The van der Waals surface area contributed by atoms with E-state index in [2.05, 4.69) is 51.8 Å². The molecule has 1 heterocycles. The van der Waals surface area contributed by atoms with E-state index >= 15 is 0 Å². The molecule has 0 aliphatic heterocycles. The van der Waals surface area contributed by atoms with E-state index in [0.717, 1.165) is 28.0 Å². The first-order valence-corrected chi connectivity index (χ1v) is 7.98. The number of halogens is 1. The molecule has 0 saturated heterocycles. The van der Waals surface area contributed by atoms with E-state index in [9.17, 15) is 4.79 Å². The highest BCUT2D eigenvalue weighted by Crippen LogP contribution is 2.19. The minimum absolute atomic E-state index is 0.185. The van der Waals surface area contributed by atoms with Crippen LogP contribution in [0.25, 0.3) is 0 Å². The maximum atomic E-state index is 12.2. The summed E-state index contributed by atoms with van der Waals surface area (Å²) < 4.78 is 2.48. The molecule has 1 N–H and O–H groups in total. The van der Waals surface area contributed by atoms with Crippen LogP contribution in [0.15, 0.2) is 30.5 Å². The summed E-state index contributed by atoms with van der Waals surface area (Å²) in [5.74, 6) is -0.185. The van der Waals surface area contributed by atoms with Crippen molar-refractivity contribution in [2.24, 2.45) is 7.05 Å². The maximum Gasteiger partial charge on any atom is 0.277 e. The summed E-state index contributed by atoms with van der Waals surface area (Å²) in [6, 6.07) is 7.88. The van der Waals surface area contributed by atoms with Gasteiger partial charge in [0.05, 0.1) is 3.57 Å². The average Bonchev–Trinajstić information content (AvgIpc) is 2.81. The van der Waals surface area contributed by atoms with Gasteiger partial charge in [-0.05, 0) is 60.7 Å². The molecule has 0 unspecified atom stereocenters. The van der Waals surface area contributed by atoms with Crippen LogP contribution in [-0.4, -0.2) is 28.8 Å². The first-order chi connectivity index (χ1) is 10.0. The second kappa shape index (κ2) is 6.93. The number of rotatable bonds is 5. The molecule has 0 fully saturated rings. The van der Waals surface area contributed by atoms with Gasteiger partial charge in [-0.1, -0.05) is 0 Å². The zero-order valence-corrected chi connectivity index (χ0v) is 14.6. The highest BCUT2D eigenvalue weighted by molar-refractivity contribution is 14.1. The number of amides is 1. The molecule has 5 nitrogen and oxygen atoms in total. The van der Waals surface area contributed by atoms with Crippen LogP contribution in [0.5, 0.6) is 0 Å². The molecule has 0 aliphatic carbocycles. The van der Waals surface area contributed by atoms with Crippen LogP contribution in [0.1, 0.15) is 24.3 Å². The number of hydrogen-bond donors (Lipinski definition) is 1. The van der Waals surface area contributed by atoms with Crippen molar-refractivity contribution >= 4 is 39.9 Å². The Morgan fingerprint density at radius 2 is 1.90 bits per heavy atom. The van der Waals surface area contributed by atoms with Gasteiger partial charge in [-0.25, -0.2) is 0 Å². The molecule has 6 heteroatoms. The van der Waals surface area contributed by atoms with E-state index in [4.69, 9.17) is 0 Å². The van der Waals surface area contributed by atoms with Crippen LogP contribution < -0.4 is 10.2 Å². The number of hydrogen-bond acceptors (Lipinski definition) is 3. The van der Waals surface area contributed by atoms with Crippen molar-refractivity contribution in [3.63, 3.8) is 0 Å². The molecule has 0 radical (unpaired) electrons. The van der Waals surface area contributed by atoms with Crippen molar-refractivity contribution in [3.05, 3.63) is 39.7 Å². The molecule has 1 aromatic heterocycles. The van der Waals surface area contributed by atoms with Crippen molar-refractivity contribution in [2.75, 3.05) is 23.3 Å². The third-order valence-electron chi connectivity index (χ3n) is 3.25. The lowest BCUT2D eigenvalue weighted by atomic mass is 10.2. The van der Waals surface area contributed by atoms with Crippen molar-refractivity contribution in [1.82, 2.24) is 9.78 Å². The Kier molecular flexibility index (Phi) is 5.22. The highest BCUT2D eigenvalue weighted by atomic mass is 127. The van der Waals surface area contributed by atoms with Crippen molar-refractivity contribution in [3.8, 4) is 0 Å². The van der Waals surface area contributed by atoms with Crippen LogP contribution in [0.4, 0.5) is 11.4 Å². The Morgan fingerprint density at radius 3 is 2.38 bits per heavy atom. The fourth-order valence-corrected chi connectivity index (χ4v) is 2.90. The molecule has 1 amide bonds. The van der Waals surface area contributed by atoms with E-state index in [-0.39, 0.29) is 5.91 Å². The molecule has 0 spiro atoms. The van der Waals surface area contributed by atoms with E-state index < -0.39 is 0 Å². The lowest BCUT2D eigenvalue weighted by Gasteiger charge is -2.21. The minimum Gasteiger partial charge on any atom is -0.372 e. The van der Waals surface area contributed by atoms with Gasteiger partial charge >= 0.3 is 0 Å². The van der Waals surface area contributed by atoms with Gasteiger partial charge in [-0.2, -0.15) is 5.10 Å². The van der Waals surface area contributed by atoms with Crippen molar-refractivity contribution < 1.29 is 4.79 Å². The smallest absolute Gasteiger partial charge is 0.277 e. The third-order valence-corrected chi connectivity index (χ3v) is 4.04. The van der Waals surface area contributed by atoms with Gasteiger partial charge in [-0.15, -0.1) is 0 Å². The zero-order valence-electron chi connectivity index (χ0n) is 12.4. The lowest BCUT2D eigenvalue weighted by Crippen LogP contribution is -2.21. The normalized spacial score (nSPS) is 10.5. The van der Waals surface area contributed by atoms with Crippen LogP contribution in [0.3, 0.4) is 0 Å². The van der Waals surface area contributed by atoms with Gasteiger partial charge in [0.2, 0.25) is 0 Å². The number of aryl methyl sites for hydroxylation is 1. The molecular weight excluding hydrogens is 379 g/mol. The number of anilines is 2. The fraction of sp³-hybridized carbons (Fsp3) is 0.333. The van der Waals surface area contributed by atoms with E-state index in [0.29, 0.717) is 5.69 Å². The van der Waals surface area contributed by atoms with E-state index in [1.807, 2.05) is 30.5 Å². The molecule has 112 valence electrons. The fourth-order valence-electron chi connectivity index (χ4n) is 2.15. The van der Waals surface area contributed by atoms with E-state index in [1.165, 1.54) is 0 Å². The Bertz CT molecular complexity index is 617. The molecule has 21 heavy (non-hydrogen) atoms. The monoisotopic (exact) mass is 398 g/mol. The summed E-state index contributed by atoms with van der Waals surface area (Å²) in [6.45, 7) is 6.19. The molecular formula is C15H19IN4O. The summed E-state index contributed by atoms with van der Waals surface area (Å²) >= 11 is 2.11. The highest BCUT2D eigenvalue weighted by Gasteiger charge is 2.14. The third kappa shape index (κ3) is 3.75. The second-order valence-corrected chi connectivity index (χ2v) is 5.83. The van der Waals surface area contributed by atoms with Gasteiger partial charge in [-0.3, -0.25) is 9.48 Å².